The Morgan fingerprint density at radius 1 is 1.42 bits per heavy atom. The Kier molecular flexibility index (Phi) is 3.48. The second-order valence-electron chi connectivity index (χ2n) is 5.43. The highest BCUT2D eigenvalue weighted by Crippen LogP contribution is 2.28. The van der Waals surface area contributed by atoms with E-state index in [-0.39, 0.29) is 0 Å². The summed E-state index contributed by atoms with van der Waals surface area (Å²) in [6.45, 7) is 1.94. The summed E-state index contributed by atoms with van der Waals surface area (Å²) >= 11 is 0. The fraction of sp³-hybridized carbons (Fsp3) is 0.571. The number of aromatic nitrogens is 1. The Labute approximate surface area is 112 Å². The lowest BCUT2D eigenvalue weighted by Crippen LogP contribution is -2.38. The molecule has 3 rings (SSSR count). The summed E-state index contributed by atoms with van der Waals surface area (Å²) in [6, 6.07) is 2.57. The average molecular weight is 261 g/mol. The number of hydrogen-bond donors (Lipinski definition) is 2. The van der Waals surface area contributed by atoms with Crippen LogP contribution >= 0.6 is 0 Å². The number of nitrogens with one attached hydrogen (secondary N) is 1. The van der Waals surface area contributed by atoms with Crippen molar-refractivity contribution in [2.75, 3.05) is 6.54 Å². The Bertz CT molecular complexity index is 484. The van der Waals surface area contributed by atoms with Gasteiger partial charge < -0.3 is 0 Å². The van der Waals surface area contributed by atoms with Crippen LogP contribution in [0, 0.1) is 0 Å². The van der Waals surface area contributed by atoms with Crippen LogP contribution in [-0.2, 0) is 13.0 Å². The Hall–Kier alpha value is -1.46. The van der Waals surface area contributed by atoms with Crippen molar-refractivity contribution in [3.63, 3.8) is 0 Å². The molecule has 1 aliphatic heterocycles. The van der Waals surface area contributed by atoms with Crippen molar-refractivity contribution in [3.05, 3.63) is 29.1 Å². The molecular formula is C14H19N3O2. The van der Waals surface area contributed by atoms with Gasteiger partial charge in [-0.25, -0.2) is 5.48 Å². The second-order valence-corrected chi connectivity index (χ2v) is 5.43. The third-order valence-corrected chi connectivity index (χ3v) is 4.29. The molecule has 1 aliphatic carbocycles. The molecule has 1 fully saturated rings. The molecule has 5 heteroatoms. The topological polar surface area (TPSA) is 65.5 Å². The van der Waals surface area contributed by atoms with Crippen LogP contribution in [-0.4, -0.2) is 33.6 Å². The standard InChI is InChI=1S/C14H19N3O2/c18-14(16-19)11-7-10-5-6-17(9-13(10)15-8-11)12-3-1-2-4-12/h7-8,12,19H,1-6,9H2,(H,16,18). The number of amides is 1. The highest BCUT2D eigenvalue weighted by Gasteiger charge is 2.26. The monoisotopic (exact) mass is 261 g/mol. The zero-order chi connectivity index (χ0) is 13.2. The highest BCUT2D eigenvalue weighted by atomic mass is 16.5. The zero-order valence-corrected chi connectivity index (χ0v) is 10.9. The number of fused-ring (bicyclic) bond motifs is 1. The molecule has 0 bridgehead atoms. The van der Waals surface area contributed by atoms with Crippen molar-refractivity contribution in [1.82, 2.24) is 15.4 Å². The Morgan fingerprint density at radius 3 is 2.95 bits per heavy atom. The first-order valence-electron chi connectivity index (χ1n) is 6.94. The fourth-order valence-electron chi connectivity index (χ4n) is 3.20. The van der Waals surface area contributed by atoms with Gasteiger partial charge >= 0.3 is 0 Å². The number of carbonyl (C=O) groups excluding carboxylic acids is 1. The van der Waals surface area contributed by atoms with E-state index in [4.69, 9.17) is 5.21 Å². The van der Waals surface area contributed by atoms with Crippen molar-refractivity contribution < 1.29 is 10.0 Å². The van der Waals surface area contributed by atoms with Crippen LogP contribution < -0.4 is 5.48 Å². The van der Waals surface area contributed by atoms with Gasteiger partial charge in [-0.2, -0.15) is 0 Å². The number of pyridine rings is 1. The second kappa shape index (κ2) is 5.27. The van der Waals surface area contributed by atoms with Gasteiger partial charge in [0.2, 0.25) is 0 Å². The van der Waals surface area contributed by atoms with Crippen LogP contribution in [0.5, 0.6) is 0 Å². The minimum absolute atomic E-state index is 0.426. The molecule has 0 radical (unpaired) electrons. The SMILES string of the molecule is O=C(NO)c1cnc2c(c1)CCN(C1CCCC1)C2. The summed E-state index contributed by atoms with van der Waals surface area (Å²) < 4.78 is 0. The molecule has 19 heavy (non-hydrogen) atoms. The molecule has 0 saturated heterocycles. The van der Waals surface area contributed by atoms with Gasteiger partial charge in [0, 0.05) is 25.3 Å². The molecule has 1 amide bonds. The first-order chi connectivity index (χ1) is 9.28. The maximum absolute atomic E-state index is 11.4. The zero-order valence-electron chi connectivity index (χ0n) is 10.9. The summed E-state index contributed by atoms with van der Waals surface area (Å²) in [6.07, 6.45) is 7.78. The van der Waals surface area contributed by atoms with E-state index in [1.165, 1.54) is 25.7 Å². The van der Waals surface area contributed by atoms with Gasteiger partial charge in [0.05, 0.1) is 11.3 Å². The van der Waals surface area contributed by atoms with Crippen LogP contribution in [0.4, 0.5) is 0 Å². The van der Waals surface area contributed by atoms with E-state index in [1.54, 1.807) is 11.7 Å². The molecule has 1 aromatic heterocycles. The number of hydroxylamine groups is 1. The minimum atomic E-state index is -0.492. The van der Waals surface area contributed by atoms with E-state index < -0.39 is 5.91 Å². The maximum Gasteiger partial charge on any atom is 0.276 e. The van der Waals surface area contributed by atoms with Gasteiger partial charge in [0.15, 0.2) is 0 Å². The van der Waals surface area contributed by atoms with E-state index in [9.17, 15) is 4.79 Å². The number of hydrogen-bond acceptors (Lipinski definition) is 4. The molecule has 0 unspecified atom stereocenters. The summed E-state index contributed by atoms with van der Waals surface area (Å²) in [5.74, 6) is -0.492. The van der Waals surface area contributed by atoms with Gasteiger partial charge in [0.25, 0.3) is 5.91 Å². The number of rotatable bonds is 2. The summed E-state index contributed by atoms with van der Waals surface area (Å²) in [4.78, 5) is 18.3. The van der Waals surface area contributed by atoms with Crippen LogP contribution in [0.2, 0.25) is 0 Å². The lowest BCUT2D eigenvalue weighted by Gasteiger charge is -2.33. The third-order valence-electron chi connectivity index (χ3n) is 4.29. The van der Waals surface area contributed by atoms with E-state index in [0.29, 0.717) is 5.56 Å². The van der Waals surface area contributed by atoms with E-state index in [1.807, 2.05) is 6.07 Å². The molecule has 2 N–H and O–H groups in total. The molecule has 1 saturated carbocycles. The predicted octanol–water partition coefficient (Wildman–Crippen LogP) is 1.50. The molecular weight excluding hydrogens is 242 g/mol. The minimum Gasteiger partial charge on any atom is -0.294 e. The van der Waals surface area contributed by atoms with Gasteiger partial charge in [-0.3, -0.25) is 19.9 Å². The molecule has 5 nitrogen and oxygen atoms in total. The lowest BCUT2D eigenvalue weighted by atomic mass is 10.0. The van der Waals surface area contributed by atoms with Crippen molar-refractivity contribution >= 4 is 5.91 Å². The summed E-state index contributed by atoms with van der Waals surface area (Å²) in [5, 5.41) is 8.64. The quantitative estimate of drug-likeness (QED) is 0.625. The molecule has 0 aromatic carbocycles. The fourth-order valence-corrected chi connectivity index (χ4v) is 3.20. The van der Waals surface area contributed by atoms with E-state index >= 15 is 0 Å². The van der Waals surface area contributed by atoms with Crippen LogP contribution in [0.3, 0.4) is 0 Å². The van der Waals surface area contributed by atoms with Crippen molar-refractivity contribution in [2.45, 2.75) is 44.7 Å². The highest BCUT2D eigenvalue weighted by molar-refractivity contribution is 5.93. The van der Waals surface area contributed by atoms with E-state index in [0.717, 1.165) is 36.8 Å². The summed E-state index contributed by atoms with van der Waals surface area (Å²) in [7, 11) is 0. The smallest absolute Gasteiger partial charge is 0.276 e. The lowest BCUT2D eigenvalue weighted by molar-refractivity contribution is 0.0705. The summed E-state index contributed by atoms with van der Waals surface area (Å²) in [5.41, 5.74) is 4.29. The largest absolute Gasteiger partial charge is 0.294 e. The molecule has 1 aromatic rings. The molecule has 2 heterocycles. The van der Waals surface area contributed by atoms with Crippen LogP contribution in [0.1, 0.15) is 47.3 Å². The molecule has 102 valence electrons. The van der Waals surface area contributed by atoms with Crippen molar-refractivity contribution in [3.8, 4) is 0 Å². The van der Waals surface area contributed by atoms with Gasteiger partial charge in [0.1, 0.15) is 0 Å². The van der Waals surface area contributed by atoms with E-state index in [2.05, 4.69) is 9.88 Å². The molecule has 0 atom stereocenters. The molecule has 0 spiro atoms. The van der Waals surface area contributed by atoms with Gasteiger partial charge in [-0.05, 0) is 30.9 Å². The normalized spacial score (nSPS) is 20.3. The number of nitrogens with zero attached hydrogens (tertiary/aromatic N) is 2. The third kappa shape index (κ3) is 2.48. The average Bonchev–Trinajstić information content (AvgIpc) is 2.99. The van der Waals surface area contributed by atoms with Crippen molar-refractivity contribution in [2.24, 2.45) is 0 Å². The van der Waals surface area contributed by atoms with Gasteiger partial charge in [-0.15, -0.1) is 0 Å². The van der Waals surface area contributed by atoms with Crippen LogP contribution in [0.25, 0.3) is 0 Å². The Morgan fingerprint density at radius 2 is 2.21 bits per heavy atom. The maximum atomic E-state index is 11.4. The predicted molar refractivity (Wildman–Crippen MR) is 69.9 cm³/mol. The Balaban J connectivity index is 1.76. The first kappa shape index (κ1) is 12.6. The van der Waals surface area contributed by atoms with Crippen molar-refractivity contribution in [1.29, 1.82) is 0 Å². The van der Waals surface area contributed by atoms with Gasteiger partial charge in [-0.1, -0.05) is 12.8 Å². The number of carbonyl (C=O) groups is 1. The molecule has 2 aliphatic rings. The van der Waals surface area contributed by atoms with Crippen LogP contribution in [0.15, 0.2) is 12.3 Å². The first-order valence-corrected chi connectivity index (χ1v) is 6.94.